The average molecular weight is 618 g/mol. The van der Waals surface area contributed by atoms with E-state index in [1.165, 1.54) is 28.0 Å². The molecule has 1 N–H and O–H groups in total. The Kier molecular flexibility index (Phi) is 7.88. The number of benzene rings is 1. The topological polar surface area (TPSA) is 128 Å². The number of carboxylic acids is 1. The summed E-state index contributed by atoms with van der Waals surface area (Å²) in [7, 11) is -3.93. The molecule has 41 heavy (non-hydrogen) atoms. The van der Waals surface area contributed by atoms with Gasteiger partial charge in [0.25, 0.3) is 0 Å². The van der Waals surface area contributed by atoms with Crippen molar-refractivity contribution >= 4 is 50.0 Å². The minimum atomic E-state index is -3.93. The second-order valence-corrected chi connectivity index (χ2v) is 14.3. The Morgan fingerprint density at radius 2 is 2.05 bits per heavy atom. The van der Waals surface area contributed by atoms with Crippen LogP contribution in [0.15, 0.2) is 41.6 Å². The molecule has 0 amide bonds. The molecule has 3 aromatic heterocycles. The quantitative estimate of drug-likeness (QED) is 0.276. The summed E-state index contributed by atoms with van der Waals surface area (Å²) in [5.41, 5.74) is 2.62. The van der Waals surface area contributed by atoms with Gasteiger partial charge in [-0.1, -0.05) is 29.8 Å². The monoisotopic (exact) mass is 617 g/mol. The SMILES string of the molecule is CC[C@@H]1CN(Cc2cc([C@@H](c3ccc4c(nnn4CC)c3C)C(C)(C)C(=O)O)sc2Cl)S(=O)(=O)c2cnccc2O1. The number of hydrogen-bond acceptors (Lipinski definition) is 8. The van der Waals surface area contributed by atoms with Gasteiger partial charge in [0.2, 0.25) is 10.0 Å². The van der Waals surface area contributed by atoms with E-state index < -0.39 is 27.3 Å². The van der Waals surface area contributed by atoms with E-state index in [2.05, 4.69) is 15.3 Å². The highest BCUT2D eigenvalue weighted by Gasteiger charge is 2.42. The number of aryl methyl sites for hydroxylation is 2. The van der Waals surface area contributed by atoms with Gasteiger partial charge < -0.3 is 9.84 Å². The molecular weight excluding hydrogens is 586 g/mol. The molecule has 1 aliphatic rings. The minimum absolute atomic E-state index is 0.00885. The van der Waals surface area contributed by atoms with Gasteiger partial charge >= 0.3 is 5.97 Å². The Morgan fingerprint density at radius 1 is 1.29 bits per heavy atom. The molecule has 4 aromatic rings. The fourth-order valence-corrected chi connectivity index (χ4v) is 8.42. The highest BCUT2D eigenvalue weighted by molar-refractivity contribution is 7.89. The molecule has 13 heteroatoms. The molecule has 2 atom stereocenters. The molecule has 0 fully saturated rings. The zero-order valence-electron chi connectivity index (χ0n) is 23.5. The standard InChI is InChI=1S/C28H32ClN5O5S2/c1-6-18-15-33(41(37,38)23-13-30-11-10-21(23)39-18)14-17-12-22(40-26(17)29)24(28(4,5)27(35)36)19-8-9-20-25(16(19)3)31-32-34(20)7-2/h8-13,18,24H,6-7,14-15H2,1-5H3,(H,35,36)/t18-,24-/m1/s1. The van der Waals surface area contributed by atoms with Gasteiger partial charge in [0.15, 0.2) is 0 Å². The molecule has 1 aliphatic heterocycles. The third-order valence-corrected chi connectivity index (χ3v) is 11.1. The van der Waals surface area contributed by atoms with Crippen molar-refractivity contribution in [3.05, 3.63) is 62.6 Å². The van der Waals surface area contributed by atoms with Crippen molar-refractivity contribution in [2.24, 2.45) is 5.41 Å². The normalized spacial score (nSPS) is 18.0. The van der Waals surface area contributed by atoms with Crippen molar-refractivity contribution in [3.8, 4) is 5.75 Å². The number of fused-ring (bicyclic) bond motifs is 2. The third-order valence-electron chi connectivity index (χ3n) is 7.79. The van der Waals surface area contributed by atoms with Crippen molar-refractivity contribution in [1.29, 1.82) is 0 Å². The van der Waals surface area contributed by atoms with Gasteiger partial charge in [-0.3, -0.25) is 9.78 Å². The van der Waals surface area contributed by atoms with E-state index in [-0.39, 0.29) is 29.8 Å². The van der Waals surface area contributed by atoms with Crippen LogP contribution in [0.3, 0.4) is 0 Å². The van der Waals surface area contributed by atoms with E-state index in [9.17, 15) is 18.3 Å². The summed E-state index contributed by atoms with van der Waals surface area (Å²) in [4.78, 5) is 17.3. The Hall–Kier alpha value is -3.06. The number of carboxylic acid groups (broad SMARTS) is 1. The first-order chi connectivity index (χ1) is 19.4. The van der Waals surface area contributed by atoms with Gasteiger partial charge in [0, 0.05) is 30.1 Å². The van der Waals surface area contributed by atoms with Crippen molar-refractivity contribution in [2.45, 2.75) is 71.0 Å². The highest BCUT2D eigenvalue weighted by Crippen LogP contribution is 2.48. The van der Waals surface area contributed by atoms with Gasteiger partial charge in [0.05, 0.1) is 28.0 Å². The van der Waals surface area contributed by atoms with Crippen LogP contribution in [-0.2, 0) is 27.9 Å². The number of carbonyl (C=O) groups is 1. The van der Waals surface area contributed by atoms with Crippen molar-refractivity contribution in [1.82, 2.24) is 24.3 Å². The maximum atomic E-state index is 13.7. The van der Waals surface area contributed by atoms with E-state index >= 15 is 0 Å². The second-order valence-electron chi connectivity index (χ2n) is 10.7. The molecule has 0 aliphatic carbocycles. The van der Waals surface area contributed by atoms with Crippen LogP contribution in [0.2, 0.25) is 4.34 Å². The molecule has 5 rings (SSSR count). The molecule has 0 bridgehead atoms. The summed E-state index contributed by atoms with van der Waals surface area (Å²) in [6.45, 7) is 10.0. The van der Waals surface area contributed by atoms with Crippen LogP contribution in [0, 0.1) is 12.3 Å². The number of nitrogens with zero attached hydrogens (tertiary/aromatic N) is 5. The molecule has 0 radical (unpaired) electrons. The summed E-state index contributed by atoms with van der Waals surface area (Å²) in [6, 6.07) is 7.25. The smallest absolute Gasteiger partial charge is 0.310 e. The van der Waals surface area contributed by atoms with E-state index in [0.29, 0.717) is 28.4 Å². The summed E-state index contributed by atoms with van der Waals surface area (Å²) in [6.07, 6.45) is 3.06. The second kappa shape index (κ2) is 11.0. The zero-order valence-corrected chi connectivity index (χ0v) is 25.8. The van der Waals surface area contributed by atoms with Crippen LogP contribution in [0.4, 0.5) is 0 Å². The predicted molar refractivity (Wildman–Crippen MR) is 157 cm³/mol. The summed E-state index contributed by atoms with van der Waals surface area (Å²) >= 11 is 8.03. The maximum absolute atomic E-state index is 13.7. The van der Waals surface area contributed by atoms with Crippen LogP contribution in [-0.4, -0.2) is 56.4 Å². The van der Waals surface area contributed by atoms with Crippen LogP contribution < -0.4 is 4.74 Å². The van der Waals surface area contributed by atoms with Crippen LogP contribution in [0.5, 0.6) is 5.75 Å². The number of ether oxygens (including phenoxy) is 1. The number of rotatable bonds is 8. The Balaban J connectivity index is 1.59. The maximum Gasteiger partial charge on any atom is 0.310 e. The van der Waals surface area contributed by atoms with E-state index in [4.69, 9.17) is 16.3 Å². The third kappa shape index (κ3) is 5.11. The summed E-state index contributed by atoms with van der Waals surface area (Å²) < 4.78 is 36.9. The number of hydrogen-bond donors (Lipinski definition) is 1. The van der Waals surface area contributed by atoms with Crippen LogP contribution >= 0.6 is 22.9 Å². The summed E-state index contributed by atoms with van der Waals surface area (Å²) in [5, 5.41) is 18.9. The highest BCUT2D eigenvalue weighted by atomic mass is 35.5. The van der Waals surface area contributed by atoms with Crippen molar-refractivity contribution in [2.75, 3.05) is 6.54 Å². The molecule has 4 heterocycles. The van der Waals surface area contributed by atoms with E-state index in [0.717, 1.165) is 21.5 Å². The number of thiophene rings is 1. The van der Waals surface area contributed by atoms with Crippen molar-refractivity contribution < 1.29 is 23.1 Å². The first-order valence-electron chi connectivity index (χ1n) is 13.3. The summed E-state index contributed by atoms with van der Waals surface area (Å²) in [5.74, 6) is -1.27. The fraction of sp³-hybridized carbons (Fsp3) is 0.429. The van der Waals surface area contributed by atoms with Gasteiger partial charge in [-0.05, 0) is 69.0 Å². The molecule has 218 valence electrons. The van der Waals surface area contributed by atoms with Gasteiger partial charge in [-0.2, -0.15) is 4.31 Å². The largest absolute Gasteiger partial charge is 0.488 e. The molecule has 0 unspecified atom stereocenters. The molecule has 0 spiro atoms. The predicted octanol–water partition coefficient (Wildman–Crippen LogP) is 5.47. The lowest BCUT2D eigenvalue weighted by Crippen LogP contribution is -2.36. The average Bonchev–Trinajstić information content (AvgIpc) is 3.49. The lowest BCUT2D eigenvalue weighted by Gasteiger charge is -2.31. The van der Waals surface area contributed by atoms with Crippen LogP contribution in [0.1, 0.15) is 61.6 Å². The first-order valence-corrected chi connectivity index (χ1v) is 16.0. The van der Waals surface area contributed by atoms with Crippen LogP contribution in [0.25, 0.3) is 11.0 Å². The van der Waals surface area contributed by atoms with Gasteiger partial charge in [0.1, 0.15) is 22.3 Å². The Labute approximate surface area is 248 Å². The number of pyridine rings is 1. The fourth-order valence-electron chi connectivity index (χ4n) is 5.32. The van der Waals surface area contributed by atoms with Crippen molar-refractivity contribution in [3.63, 3.8) is 0 Å². The molecule has 1 aromatic carbocycles. The van der Waals surface area contributed by atoms with E-state index in [1.54, 1.807) is 24.6 Å². The lowest BCUT2D eigenvalue weighted by molar-refractivity contribution is -0.147. The minimum Gasteiger partial charge on any atom is -0.488 e. The number of sulfonamides is 1. The van der Waals surface area contributed by atoms with Gasteiger partial charge in [-0.25, -0.2) is 13.1 Å². The first kappa shape index (κ1) is 29.4. The molecule has 0 saturated heterocycles. The Bertz CT molecular complexity index is 1730. The lowest BCUT2D eigenvalue weighted by atomic mass is 9.72. The number of halogens is 1. The molecule has 0 saturated carbocycles. The van der Waals surface area contributed by atoms with Gasteiger partial charge in [-0.15, -0.1) is 16.4 Å². The molecular formula is C28H32ClN5O5S2. The Morgan fingerprint density at radius 3 is 2.73 bits per heavy atom. The molecule has 10 nitrogen and oxygen atoms in total. The number of aliphatic carboxylic acids is 1. The number of aromatic nitrogens is 4. The van der Waals surface area contributed by atoms with E-state index in [1.807, 2.05) is 39.0 Å². The zero-order chi connectivity index (χ0) is 29.7.